The Morgan fingerprint density at radius 1 is 1.10 bits per heavy atom. The van der Waals surface area contributed by atoms with Crippen molar-refractivity contribution in [3.8, 4) is 0 Å². The van der Waals surface area contributed by atoms with E-state index in [1.165, 1.54) is 17.3 Å². The Morgan fingerprint density at radius 2 is 1.79 bits per heavy atom. The average Bonchev–Trinajstić information content (AvgIpc) is 2.74. The summed E-state index contributed by atoms with van der Waals surface area (Å²) in [5.41, 5.74) is 1.80. The van der Waals surface area contributed by atoms with E-state index in [1.54, 1.807) is 10.6 Å². The topological polar surface area (TPSA) is 64.0 Å². The number of carbonyl (C=O) groups is 1. The minimum Gasteiger partial charge on any atom is -0.355 e. The first-order valence-corrected chi connectivity index (χ1v) is 10.9. The number of carbonyl (C=O) groups excluding carboxylic acids is 1. The van der Waals surface area contributed by atoms with Gasteiger partial charge in [0.2, 0.25) is 5.91 Å². The molecule has 0 aliphatic heterocycles. The van der Waals surface area contributed by atoms with Crippen LogP contribution in [-0.4, -0.2) is 27.3 Å². The summed E-state index contributed by atoms with van der Waals surface area (Å²) in [6.07, 6.45) is 1.60. The predicted octanol–water partition coefficient (Wildman–Crippen LogP) is 4.21. The van der Waals surface area contributed by atoms with Gasteiger partial charge in [0.05, 0.1) is 16.2 Å². The number of aromatic nitrogens is 2. The summed E-state index contributed by atoms with van der Waals surface area (Å²) in [5, 5.41) is 3.84. The third-order valence-electron chi connectivity index (χ3n) is 5.01. The van der Waals surface area contributed by atoms with Crippen LogP contribution in [0.25, 0.3) is 10.9 Å². The number of thioether (sulfide) groups is 1. The zero-order valence-electron chi connectivity index (χ0n) is 17.1. The fourth-order valence-electron chi connectivity index (χ4n) is 3.11. The highest BCUT2D eigenvalue weighted by Gasteiger charge is 2.21. The molecule has 2 aromatic carbocycles. The van der Waals surface area contributed by atoms with E-state index in [0.29, 0.717) is 22.6 Å². The maximum Gasteiger partial charge on any atom is 0.262 e. The van der Waals surface area contributed by atoms with Crippen LogP contribution in [0, 0.1) is 0 Å². The Balaban J connectivity index is 1.75. The molecule has 0 radical (unpaired) electrons. The minimum absolute atomic E-state index is 0.00967. The summed E-state index contributed by atoms with van der Waals surface area (Å²) in [6.45, 7) is 6.48. The van der Waals surface area contributed by atoms with Crippen LogP contribution in [0.3, 0.4) is 0 Å². The van der Waals surface area contributed by atoms with E-state index in [2.05, 4.69) is 5.32 Å². The van der Waals surface area contributed by atoms with Crippen LogP contribution in [0.5, 0.6) is 0 Å². The number of para-hydroxylation sites is 1. The molecular weight excluding hydrogens is 382 g/mol. The molecule has 3 rings (SSSR count). The molecule has 0 aliphatic rings. The zero-order valence-corrected chi connectivity index (χ0v) is 17.9. The van der Waals surface area contributed by atoms with E-state index >= 15 is 0 Å². The Hall–Kier alpha value is -2.60. The van der Waals surface area contributed by atoms with E-state index in [-0.39, 0.29) is 22.8 Å². The summed E-state index contributed by atoms with van der Waals surface area (Å²) in [6, 6.07) is 17.4. The maximum absolute atomic E-state index is 13.0. The molecule has 29 heavy (non-hydrogen) atoms. The van der Waals surface area contributed by atoms with Crippen molar-refractivity contribution in [3.63, 3.8) is 0 Å². The van der Waals surface area contributed by atoms with Gasteiger partial charge in [0.1, 0.15) is 0 Å². The van der Waals surface area contributed by atoms with Gasteiger partial charge in [0.15, 0.2) is 5.16 Å². The van der Waals surface area contributed by atoms with Crippen LogP contribution >= 0.6 is 11.8 Å². The van der Waals surface area contributed by atoms with Gasteiger partial charge in [0, 0.05) is 12.6 Å². The molecule has 0 saturated carbocycles. The van der Waals surface area contributed by atoms with Gasteiger partial charge in [0.25, 0.3) is 5.56 Å². The van der Waals surface area contributed by atoms with Gasteiger partial charge in [-0.15, -0.1) is 0 Å². The smallest absolute Gasteiger partial charge is 0.262 e. The highest BCUT2D eigenvalue weighted by atomic mass is 32.2. The van der Waals surface area contributed by atoms with Gasteiger partial charge in [-0.05, 0) is 44.4 Å². The lowest BCUT2D eigenvalue weighted by molar-refractivity contribution is -0.120. The van der Waals surface area contributed by atoms with Crippen LogP contribution in [0.1, 0.15) is 38.8 Å². The van der Waals surface area contributed by atoms with Crippen molar-refractivity contribution in [2.45, 2.75) is 50.1 Å². The lowest BCUT2D eigenvalue weighted by Gasteiger charge is -2.20. The van der Waals surface area contributed by atoms with Gasteiger partial charge < -0.3 is 5.32 Å². The third kappa shape index (κ3) is 5.07. The van der Waals surface area contributed by atoms with Crippen molar-refractivity contribution in [2.75, 3.05) is 6.54 Å². The molecular formula is C23H27N3O2S. The predicted molar refractivity (Wildman–Crippen MR) is 119 cm³/mol. The SMILES string of the molecule is CC[C@H](C)n1c(S[C@H](C)C(=O)NCCc2ccccc2)nc2ccccc2c1=O. The minimum atomic E-state index is -0.353. The van der Waals surface area contributed by atoms with Crippen LogP contribution in [0.15, 0.2) is 64.5 Å². The zero-order chi connectivity index (χ0) is 20.8. The summed E-state index contributed by atoms with van der Waals surface area (Å²) < 4.78 is 1.72. The molecule has 0 saturated heterocycles. The molecule has 3 aromatic rings. The van der Waals surface area contributed by atoms with Crippen molar-refractivity contribution < 1.29 is 4.79 Å². The van der Waals surface area contributed by atoms with Crippen molar-refractivity contribution in [2.24, 2.45) is 0 Å². The fourth-order valence-corrected chi connectivity index (χ4v) is 4.14. The summed E-state index contributed by atoms with van der Waals surface area (Å²) in [7, 11) is 0. The molecule has 1 amide bonds. The molecule has 1 heterocycles. The molecule has 6 heteroatoms. The molecule has 1 N–H and O–H groups in total. The second-order valence-corrected chi connectivity index (χ2v) is 8.44. The first-order valence-electron chi connectivity index (χ1n) is 10.0. The van der Waals surface area contributed by atoms with Crippen molar-refractivity contribution >= 4 is 28.6 Å². The van der Waals surface area contributed by atoms with Crippen LogP contribution in [0.2, 0.25) is 0 Å². The van der Waals surface area contributed by atoms with Crippen molar-refractivity contribution in [3.05, 3.63) is 70.5 Å². The van der Waals surface area contributed by atoms with Gasteiger partial charge >= 0.3 is 0 Å². The van der Waals surface area contributed by atoms with Crippen molar-refractivity contribution in [1.29, 1.82) is 0 Å². The second-order valence-electron chi connectivity index (χ2n) is 7.13. The summed E-state index contributed by atoms with van der Waals surface area (Å²) >= 11 is 1.34. The molecule has 5 nitrogen and oxygen atoms in total. The van der Waals surface area contributed by atoms with Gasteiger partial charge in [-0.1, -0.05) is 61.2 Å². The van der Waals surface area contributed by atoms with Crippen LogP contribution in [0.4, 0.5) is 0 Å². The number of hydrogen-bond donors (Lipinski definition) is 1. The monoisotopic (exact) mass is 409 g/mol. The Kier molecular flexibility index (Phi) is 7.09. The van der Waals surface area contributed by atoms with Gasteiger partial charge in [-0.25, -0.2) is 4.98 Å². The van der Waals surface area contributed by atoms with E-state index in [0.717, 1.165) is 12.8 Å². The second kappa shape index (κ2) is 9.74. The highest BCUT2D eigenvalue weighted by molar-refractivity contribution is 8.00. The number of nitrogens with zero attached hydrogens (tertiary/aromatic N) is 2. The Bertz CT molecular complexity index is 1030. The molecule has 0 unspecified atom stereocenters. The van der Waals surface area contributed by atoms with Crippen LogP contribution in [-0.2, 0) is 11.2 Å². The molecule has 2 atom stereocenters. The third-order valence-corrected chi connectivity index (χ3v) is 6.08. The van der Waals surface area contributed by atoms with Crippen molar-refractivity contribution in [1.82, 2.24) is 14.9 Å². The number of nitrogens with one attached hydrogen (secondary N) is 1. The average molecular weight is 410 g/mol. The number of hydrogen-bond acceptors (Lipinski definition) is 4. The largest absolute Gasteiger partial charge is 0.355 e. The number of benzene rings is 2. The standard InChI is InChI=1S/C23H27N3O2S/c1-4-16(2)26-22(28)19-12-8-9-13-20(19)25-23(26)29-17(3)21(27)24-15-14-18-10-6-5-7-11-18/h5-13,16-17H,4,14-15H2,1-3H3,(H,24,27)/t16-,17+/m0/s1. The van der Waals surface area contributed by atoms with E-state index < -0.39 is 0 Å². The van der Waals surface area contributed by atoms with E-state index in [9.17, 15) is 9.59 Å². The van der Waals surface area contributed by atoms with Gasteiger partial charge in [-0.3, -0.25) is 14.2 Å². The molecule has 0 spiro atoms. The summed E-state index contributed by atoms with van der Waals surface area (Å²) in [4.78, 5) is 30.3. The number of fused-ring (bicyclic) bond motifs is 1. The Morgan fingerprint density at radius 3 is 2.52 bits per heavy atom. The molecule has 1 aromatic heterocycles. The van der Waals surface area contributed by atoms with Crippen LogP contribution < -0.4 is 10.9 Å². The Labute approximate surface area is 175 Å². The molecule has 152 valence electrons. The number of rotatable bonds is 8. The molecule has 0 bridgehead atoms. The van der Waals surface area contributed by atoms with Gasteiger partial charge in [-0.2, -0.15) is 0 Å². The lowest BCUT2D eigenvalue weighted by Crippen LogP contribution is -2.33. The normalized spacial score (nSPS) is 13.2. The highest BCUT2D eigenvalue weighted by Crippen LogP contribution is 2.25. The number of amides is 1. The quantitative estimate of drug-likeness (QED) is 0.447. The maximum atomic E-state index is 13.0. The lowest BCUT2D eigenvalue weighted by atomic mass is 10.1. The molecule has 0 aliphatic carbocycles. The fraction of sp³-hybridized carbons (Fsp3) is 0.348. The first kappa shape index (κ1) is 21.1. The summed E-state index contributed by atoms with van der Waals surface area (Å²) in [5.74, 6) is -0.0518. The van der Waals surface area contributed by atoms with E-state index in [4.69, 9.17) is 4.98 Å². The molecule has 0 fully saturated rings. The van der Waals surface area contributed by atoms with E-state index in [1.807, 2.05) is 69.3 Å². The first-order chi connectivity index (χ1) is 14.0.